The van der Waals surface area contributed by atoms with Gasteiger partial charge in [-0.05, 0) is 24.9 Å². The van der Waals surface area contributed by atoms with Crippen LogP contribution in [0.25, 0.3) is 0 Å². The zero-order chi connectivity index (χ0) is 12.8. The van der Waals surface area contributed by atoms with Crippen molar-refractivity contribution in [2.45, 2.75) is 18.4 Å². The fraction of sp³-hybridized carbons (Fsp3) is 0.727. The number of H-pyrrole nitrogens is 1. The lowest BCUT2D eigenvalue weighted by Gasteiger charge is -2.15. The van der Waals surface area contributed by atoms with Crippen molar-refractivity contribution in [1.82, 2.24) is 19.6 Å². The molecule has 18 heavy (non-hydrogen) atoms. The second-order valence-electron chi connectivity index (χ2n) is 5.05. The van der Waals surface area contributed by atoms with E-state index in [1.807, 2.05) is 6.92 Å². The summed E-state index contributed by atoms with van der Waals surface area (Å²) in [7, 11) is -3.38. The normalized spacial score (nSPS) is 28.7. The first-order chi connectivity index (χ1) is 8.61. The van der Waals surface area contributed by atoms with Crippen LogP contribution in [0.15, 0.2) is 11.2 Å². The Morgan fingerprint density at radius 2 is 2.06 bits per heavy atom. The summed E-state index contributed by atoms with van der Waals surface area (Å²) in [6.07, 6.45) is 2.14. The fourth-order valence-corrected chi connectivity index (χ4v) is 4.29. The first-order valence-corrected chi connectivity index (χ1v) is 7.80. The molecule has 3 heterocycles. The minimum Gasteiger partial charge on any atom is -0.332 e. The molecular formula is C11H18N4O2S. The Bertz CT molecular complexity index is 527. The van der Waals surface area contributed by atoms with E-state index in [4.69, 9.17) is 0 Å². The number of aromatic nitrogens is 2. The van der Waals surface area contributed by atoms with Gasteiger partial charge in [0.25, 0.3) is 10.0 Å². The van der Waals surface area contributed by atoms with Gasteiger partial charge in [0.05, 0.1) is 6.20 Å². The standard InChI is InChI=1S/C11H18N4O2S/c1-2-10-13-5-11(14-10)18(16,17)15-6-8-3-12-4-9(8)7-15/h5,8-9,12H,2-4,6-7H2,1H3,(H,13,14). The van der Waals surface area contributed by atoms with Gasteiger partial charge >= 0.3 is 0 Å². The predicted molar refractivity (Wildman–Crippen MR) is 66.6 cm³/mol. The van der Waals surface area contributed by atoms with E-state index >= 15 is 0 Å². The maximum absolute atomic E-state index is 12.4. The third-order valence-corrected chi connectivity index (χ3v) is 5.66. The van der Waals surface area contributed by atoms with Gasteiger partial charge in [-0.2, -0.15) is 4.31 Å². The molecule has 2 fully saturated rings. The molecule has 1 aromatic heterocycles. The molecule has 0 spiro atoms. The topological polar surface area (TPSA) is 78.1 Å². The van der Waals surface area contributed by atoms with E-state index in [0.717, 1.165) is 18.9 Å². The Kier molecular flexibility index (Phi) is 2.91. The summed E-state index contributed by atoms with van der Waals surface area (Å²) in [4.78, 5) is 6.96. The summed E-state index contributed by atoms with van der Waals surface area (Å²) in [6.45, 7) is 5.06. The van der Waals surface area contributed by atoms with Crippen molar-refractivity contribution in [3.63, 3.8) is 0 Å². The minimum atomic E-state index is -3.38. The zero-order valence-corrected chi connectivity index (χ0v) is 11.2. The monoisotopic (exact) mass is 270 g/mol. The molecule has 0 aromatic carbocycles. The lowest BCUT2D eigenvalue weighted by atomic mass is 10.0. The highest BCUT2D eigenvalue weighted by atomic mass is 32.2. The SMILES string of the molecule is CCc1ncc(S(=O)(=O)N2CC3CNCC3C2)[nH]1. The van der Waals surface area contributed by atoms with Crippen molar-refractivity contribution in [2.75, 3.05) is 26.2 Å². The summed E-state index contributed by atoms with van der Waals surface area (Å²) >= 11 is 0. The van der Waals surface area contributed by atoms with Crippen LogP contribution in [0.4, 0.5) is 0 Å². The van der Waals surface area contributed by atoms with Gasteiger partial charge in [0.2, 0.25) is 0 Å². The fourth-order valence-electron chi connectivity index (χ4n) is 2.80. The molecule has 1 aromatic rings. The molecule has 0 amide bonds. The first-order valence-electron chi connectivity index (χ1n) is 6.36. The average Bonchev–Trinajstić information content (AvgIpc) is 3.03. The quantitative estimate of drug-likeness (QED) is 0.798. The van der Waals surface area contributed by atoms with Crippen LogP contribution in [-0.2, 0) is 16.4 Å². The van der Waals surface area contributed by atoms with Gasteiger partial charge in [0.15, 0.2) is 5.03 Å². The number of sulfonamides is 1. The van der Waals surface area contributed by atoms with Crippen LogP contribution in [0.1, 0.15) is 12.7 Å². The van der Waals surface area contributed by atoms with Crippen molar-refractivity contribution >= 4 is 10.0 Å². The van der Waals surface area contributed by atoms with Crippen LogP contribution in [0.3, 0.4) is 0 Å². The number of imidazole rings is 1. The predicted octanol–water partition coefficient (Wildman–Crippen LogP) is -0.188. The molecule has 2 aliphatic rings. The van der Waals surface area contributed by atoms with Gasteiger partial charge in [0.1, 0.15) is 5.82 Å². The minimum absolute atomic E-state index is 0.229. The maximum Gasteiger partial charge on any atom is 0.260 e. The van der Waals surface area contributed by atoms with E-state index in [2.05, 4.69) is 15.3 Å². The van der Waals surface area contributed by atoms with E-state index < -0.39 is 10.0 Å². The van der Waals surface area contributed by atoms with Crippen LogP contribution >= 0.6 is 0 Å². The average molecular weight is 270 g/mol. The van der Waals surface area contributed by atoms with Gasteiger partial charge in [-0.3, -0.25) is 0 Å². The number of fused-ring (bicyclic) bond motifs is 1. The number of aromatic amines is 1. The molecule has 0 aliphatic carbocycles. The number of aryl methyl sites for hydroxylation is 1. The summed E-state index contributed by atoms with van der Waals surface area (Å²) in [5.74, 6) is 1.65. The van der Waals surface area contributed by atoms with Crippen LogP contribution in [0, 0.1) is 11.8 Å². The lowest BCUT2D eigenvalue weighted by molar-refractivity contribution is 0.446. The Labute approximate surface area is 107 Å². The van der Waals surface area contributed by atoms with Crippen molar-refractivity contribution < 1.29 is 8.42 Å². The Morgan fingerprint density at radius 1 is 1.39 bits per heavy atom. The highest BCUT2D eigenvalue weighted by molar-refractivity contribution is 7.89. The second kappa shape index (κ2) is 4.32. The molecule has 0 saturated carbocycles. The molecule has 7 heteroatoms. The van der Waals surface area contributed by atoms with Crippen molar-refractivity contribution in [3.05, 3.63) is 12.0 Å². The van der Waals surface area contributed by atoms with E-state index in [1.165, 1.54) is 6.20 Å². The van der Waals surface area contributed by atoms with Crippen LogP contribution in [-0.4, -0.2) is 48.9 Å². The summed E-state index contributed by atoms with van der Waals surface area (Å²) in [5, 5.41) is 3.54. The highest BCUT2D eigenvalue weighted by Gasteiger charge is 2.41. The summed E-state index contributed by atoms with van der Waals surface area (Å²) < 4.78 is 26.5. The van der Waals surface area contributed by atoms with Gasteiger partial charge in [-0.15, -0.1) is 0 Å². The lowest BCUT2D eigenvalue weighted by Crippen LogP contribution is -2.32. The second-order valence-corrected chi connectivity index (χ2v) is 6.95. The number of nitrogens with one attached hydrogen (secondary N) is 2. The molecule has 100 valence electrons. The molecule has 2 atom stereocenters. The van der Waals surface area contributed by atoms with Crippen molar-refractivity contribution in [1.29, 1.82) is 0 Å². The van der Waals surface area contributed by atoms with Crippen LogP contribution in [0.5, 0.6) is 0 Å². The van der Waals surface area contributed by atoms with Gasteiger partial charge in [0, 0.05) is 19.5 Å². The molecule has 2 aliphatic heterocycles. The molecule has 2 N–H and O–H groups in total. The molecule has 2 saturated heterocycles. The highest BCUT2D eigenvalue weighted by Crippen LogP contribution is 2.30. The summed E-state index contributed by atoms with van der Waals surface area (Å²) in [5.41, 5.74) is 0. The van der Waals surface area contributed by atoms with Gasteiger partial charge in [-0.25, -0.2) is 13.4 Å². The molecule has 0 radical (unpaired) electrons. The molecule has 0 bridgehead atoms. The molecule has 6 nitrogen and oxygen atoms in total. The number of nitrogens with zero attached hydrogens (tertiary/aromatic N) is 2. The van der Waals surface area contributed by atoms with E-state index in [1.54, 1.807) is 4.31 Å². The Balaban J connectivity index is 1.82. The van der Waals surface area contributed by atoms with E-state index in [0.29, 0.717) is 31.3 Å². The zero-order valence-electron chi connectivity index (χ0n) is 10.4. The van der Waals surface area contributed by atoms with E-state index in [9.17, 15) is 8.42 Å². The van der Waals surface area contributed by atoms with Gasteiger partial charge < -0.3 is 10.3 Å². The first kappa shape index (κ1) is 12.1. The maximum atomic E-state index is 12.4. The van der Waals surface area contributed by atoms with Gasteiger partial charge in [-0.1, -0.05) is 6.92 Å². The molecule has 3 rings (SSSR count). The van der Waals surface area contributed by atoms with Crippen molar-refractivity contribution in [2.24, 2.45) is 11.8 Å². The third kappa shape index (κ3) is 1.86. The van der Waals surface area contributed by atoms with Crippen LogP contribution in [0.2, 0.25) is 0 Å². The Morgan fingerprint density at radius 3 is 2.61 bits per heavy atom. The smallest absolute Gasteiger partial charge is 0.260 e. The molecular weight excluding hydrogens is 252 g/mol. The third-order valence-electron chi connectivity index (χ3n) is 3.91. The number of hydrogen-bond donors (Lipinski definition) is 2. The molecule has 2 unspecified atom stereocenters. The number of hydrogen-bond acceptors (Lipinski definition) is 4. The largest absolute Gasteiger partial charge is 0.332 e. The summed E-state index contributed by atoms with van der Waals surface area (Å²) in [6, 6.07) is 0. The van der Waals surface area contributed by atoms with Crippen LogP contribution < -0.4 is 5.32 Å². The number of rotatable bonds is 3. The van der Waals surface area contributed by atoms with Crippen molar-refractivity contribution in [3.8, 4) is 0 Å². The van der Waals surface area contributed by atoms with E-state index in [-0.39, 0.29) is 5.03 Å². The Hall–Kier alpha value is -0.920.